The molecule has 0 atom stereocenters. The lowest BCUT2D eigenvalue weighted by Gasteiger charge is -2.24. The fourth-order valence-electron chi connectivity index (χ4n) is 3.34. The number of nitriles is 1. The van der Waals surface area contributed by atoms with E-state index in [-0.39, 0.29) is 35.8 Å². The highest BCUT2D eigenvalue weighted by molar-refractivity contribution is 6.04. The van der Waals surface area contributed by atoms with Crippen molar-refractivity contribution in [2.24, 2.45) is 0 Å². The van der Waals surface area contributed by atoms with E-state index in [1.54, 1.807) is 6.07 Å². The fraction of sp³-hybridized carbons (Fsp3) is 0.278. The largest absolute Gasteiger partial charge is 0.455 e. The molecule has 0 saturated carbocycles. The topological polar surface area (TPSA) is 81.4 Å². The number of benzene rings is 1. The molecule has 2 aromatic rings. The molecule has 2 heterocycles. The molecular weight excluding hydrogens is 384 g/mol. The van der Waals surface area contributed by atoms with Crippen LogP contribution in [0.25, 0.3) is 0 Å². The van der Waals surface area contributed by atoms with Crippen LogP contribution in [0, 0.1) is 17.1 Å². The number of pyridine rings is 1. The van der Waals surface area contributed by atoms with Crippen molar-refractivity contribution >= 4 is 5.78 Å². The van der Waals surface area contributed by atoms with Crippen molar-refractivity contribution < 1.29 is 36.6 Å². The van der Waals surface area contributed by atoms with E-state index in [4.69, 9.17) is 19.5 Å². The van der Waals surface area contributed by atoms with E-state index in [0.29, 0.717) is 0 Å². The standard InChI is InChI=1S/C18H10F4N2O4/c19-10-3-9(7-23)4-11(5-10)28-13-8-24-16(18(20,21)22)15-14(13)12(25)6-17(15)26-1-2-27-17/h3-5,8H,1-2,6H2. The van der Waals surface area contributed by atoms with Gasteiger partial charge < -0.3 is 14.2 Å². The van der Waals surface area contributed by atoms with Gasteiger partial charge in [-0.15, -0.1) is 0 Å². The molecular formula is C18H10F4N2O4. The predicted octanol–water partition coefficient (Wildman–Crippen LogP) is 3.69. The first-order valence-corrected chi connectivity index (χ1v) is 8.04. The van der Waals surface area contributed by atoms with Crippen LogP contribution < -0.4 is 4.74 Å². The van der Waals surface area contributed by atoms with Crippen molar-refractivity contribution in [1.82, 2.24) is 4.98 Å². The molecule has 2 aliphatic rings. The van der Waals surface area contributed by atoms with Gasteiger partial charge in [0.2, 0.25) is 5.79 Å². The Balaban J connectivity index is 1.88. The molecule has 1 saturated heterocycles. The van der Waals surface area contributed by atoms with Crippen molar-refractivity contribution in [2.45, 2.75) is 18.4 Å². The number of Topliss-reactive ketones (excluding diaryl/α,β-unsaturated/α-hetero) is 1. The van der Waals surface area contributed by atoms with Crippen molar-refractivity contribution in [3.8, 4) is 17.6 Å². The Hall–Kier alpha value is -3.03. The number of rotatable bonds is 2. The Kier molecular flexibility index (Phi) is 4.10. The van der Waals surface area contributed by atoms with Gasteiger partial charge in [-0.3, -0.25) is 4.79 Å². The maximum absolute atomic E-state index is 13.6. The summed E-state index contributed by atoms with van der Waals surface area (Å²) in [5.74, 6) is -3.81. The summed E-state index contributed by atoms with van der Waals surface area (Å²) < 4.78 is 70.3. The minimum absolute atomic E-state index is 0.0184. The molecule has 0 bridgehead atoms. The maximum Gasteiger partial charge on any atom is 0.433 e. The summed E-state index contributed by atoms with van der Waals surface area (Å²) in [6, 6.07) is 4.81. The maximum atomic E-state index is 13.6. The number of alkyl halides is 3. The van der Waals surface area contributed by atoms with Crippen LogP contribution in [-0.2, 0) is 21.4 Å². The number of ketones is 1. The molecule has 10 heteroatoms. The highest BCUT2D eigenvalue weighted by Gasteiger charge is 2.55. The van der Waals surface area contributed by atoms with Crippen molar-refractivity contribution in [1.29, 1.82) is 5.26 Å². The minimum atomic E-state index is -4.86. The number of hydrogen-bond donors (Lipinski definition) is 0. The molecule has 1 fully saturated rings. The monoisotopic (exact) mass is 394 g/mol. The van der Waals surface area contributed by atoms with Gasteiger partial charge in [0, 0.05) is 6.07 Å². The van der Waals surface area contributed by atoms with Crippen LogP contribution in [0.15, 0.2) is 24.4 Å². The third-order valence-corrected chi connectivity index (χ3v) is 4.35. The Bertz CT molecular complexity index is 1020. The van der Waals surface area contributed by atoms with Gasteiger partial charge >= 0.3 is 6.18 Å². The van der Waals surface area contributed by atoms with Crippen LogP contribution in [0.1, 0.15) is 33.6 Å². The molecule has 1 aromatic carbocycles. The molecule has 0 amide bonds. The summed E-state index contributed by atoms with van der Waals surface area (Å²) >= 11 is 0. The lowest BCUT2D eigenvalue weighted by atomic mass is 10.0. The Morgan fingerprint density at radius 2 is 1.93 bits per heavy atom. The number of carbonyl (C=O) groups excluding carboxylic acids is 1. The number of aromatic nitrogens is 1. The summed E-state index contributed by atoms with van der Waals surface area (Å²) in [6.45, 7) is 0.0368. The van der Waals surface area contributed by atoms with Crippen molar-refractivity contribution in [3.05, 3.63) is 52.6 Å². The number of nitrogens with zero attached hydrogens (tertiary/aromatic N) is 2. The third-order valence-electron chi connectivity index (χ3n) is 4.35. The van der Waals surface area contributed by atoms with E-state index < -0.39 is 41.2 Å². The van der Waals surface area contributed by atoms with E-state index in [2.05, 4.69) is 4.98 Å². The minimum Gasteiger partial charge on any atom is -0.455 e. The van der Waals surface area contributed by atoms with Crippen molar-refractivity contribution in [2.75, 3.05) is 13.2 Å². The van der Waals surface area contributed by atoms with E-state index in [9.17, 15) is 22.4 Å². The van der Waals surface area contributed by atoms with Gasteiger partial charge in [-0.2, -0.15) is 18.4 Å². The van der Waals surface area contributed by atoms with Crippen LogP contribution in [0.4, 0.5) is 17.6 Å². The van der Waals surface area contributed by atoms with Crippen LogP contribution in [0.2, 0.25) is 0 Å². The van der Waals surface area contributed by atoms with E-state index in [1.165, 1.54) is 6.07 Å². The van der Waals surface area contributed by atoms with Gasteiger partial charge in [-0.25, -0.2) is 9.37 Å². The Morgan fingerprint density at radius 3 is 2.57 bits per heavy atom. The fourth-order valence-corrected chi connectivity index (χ4v) is 3.34. The zero-order chi connectivity index (χ0) is 20.1. The zero-order valence-corrected chi connectivity index (χ0v) is 14.0. The normalized spacial score (nSPS) is 17.6. The molecule has 1 aliphatic carbocycles. The Morgan fingerprint density at radius 1 is 1.21 bits per heavy atom. The first-order valence-electron chi connectivity index (χ1n) is 8.04. The second kappa shape index (κ2) is 6.25. The summed E-state index contributed by atoms with van der Waals surface area (Å²) in [5.41, 5.74) is -2.29. The first-order chi connectivity index (χ1) is 13.2. The number of ether oxygens (including phenoxy) is 3. The molecule has 0 N–H and O–H groups in total. The molecule has 1 aromatic heterocycles. The molecule has 1 aliphatic heterocycles. The molecule has 6 nitrogen and oxygen atoms in total. The second-order valence-electron chi connectivity index (χ2n) is 6.16. The van der Waals surface area contributed by atoms with E-state index in [0.717, 1.165) is 18.3 Å². The molecule has 144 valence electrons. The van der Waals surface area contributed by atoms with Gasteiger partial charge in [0.25, 0.3) is 0 Å². The van der Waals surface area contributed by atoms with Crippen LogP contribution >= 0.6 is 0 Å². The molecule has 0 radical (unpaired) electrons. The zero-order valence-electron chi connectivity index (χ0n) is 14.0. The molecule has 1 spiro atoms. The van der Waals surface area contributed by atoms with Gasteiger partial charge in [0.05, 0.1) is 48.6 Å². The van der Waals surface area contributed by atoms with Gasteiger partial charge in [-0.05, 0) is 12.1 Å². The summed E-state index contributed by atoms with van der Waals surface area (Å²) in [5, 5.41) is 8.92. The lowest BCUT2D eigenvalue weighted by Crippen LogP contribution is -2.28. The van der Waals surface area contributed by atoms with Gasteiger partial charge in [-0.1, -0.05) is 0 Å². The van der Waals surface area contributed by atoms with Crippen LogP contribution in [0.3, 0.4) is 0 Å². The highest BCUT2D eigenvalue weighted by Crippen LogP contribution is 2.51. The Labute approximate surface area is 155 Å². The summed E-state index contributed by atoms with van der Waals surface area (Å²) in [6.07, 6.45) is -4.58. The molecule has 0 unspecified atom stereocenters. The summed E-state index contributed by atoms with van der Waals surface area (Å²) in [7, 11) is 0. The smallest absolute Gasteiger partial charge is 0.433 e. The average Bonchev–Trinajstić information content (AvgIpc) is 3.19. The van der Waals surface area contributed by atoms with E-state index in [1.807, 2.05) is 0 Å². The lowest BCUT2D eigenvalue weighted by molar-refractivity contribution is -0.173. The predicted molar refractivity (Wildman–Crippen MR) is 83.0 cm³/mol. The summed E-state index contributed by atoms with van der Waals surface area (Å²) in [4.78, 5) is 16.0. The number of carbonyl (C=O) groups is 1. The van der Waals surface area contributed by atoms with Gasteiger partial charge in [0.15, 0.2) is 17.2 Å². The van der Waals surface area contributed by atoms with Crippen molar-refractivity contribution in [3.63, 3.8) is 0 Å². The second-order valence-corrected chi connectivity index (χ2v) is 6.16. The third kappa shape index (κ3) is 2.89. The number of fused-ring (bicyclic) bond motifs is 2. The molecule has 4 rings (SSSR count). The number of halogens is 4. The number of hydrogen-bond acceptors (Lipinski definition) is 6. The van der Waals surface area contributed by atoms with Crippen LogP contribution in [0.5, 0.6) is 11.5 Å². The average molecular weight is 394 g/mol. The molecule has 28 heavy (non-hydrogen) atoms. The van der Waals surface area contributed by atoms with Gasteiger partial charge in [0.1, 0.15) is 11.6 Å². The van der Waals surface area contributed by atoms with E-state index >= 15 is 0 Å². The van der Waals surface area contributed by atoms with Crippen LogP contribution in [-0.4, -0.2) is 24.0 Å². The quantitative estimate of drug-likeness (QED) is 0.723. The SMILES string of the molecule is N#Cc1cc(F)cc(Oc2cnc(C(F)(F)F)c3c2C(=O)CC32OCCO2)c1. The first kappa shape index (κ1) is 18.3. The highest BCUT2D eigenvalue weighted by atomic mass is 19.4.